The standard InChI is InChI=1S/C17H28N4O.2ClH/c1-13(2)9-12-21(18)16-5-3-14(4-6-16)17(22)20-15-7-10-19-11-8-15;;/h7-8,10-11,13-14,16H,3-6,9,12,18H2,1-2H3,(H,19,20,22);2*1H/t14-,16-;;. The van der Waals surface area contributed by atoms with Gasteiger partial charge < -0.3 is 5.32 Å². The van der Waals surface area contributed by atoms with Crippen molar-refractivity contribution in [1.82, 2.24) is 9.99 Å². The Kier molecular flexibility index (Phi) is 11.2. The van der Waals surface area contributed by atoms with Crippen molar-refractivity contribution in [3.63, 3.8) is 0 Å². The molecule has 138 valence electrons. The molecule has 1 amide bonds. The molecule has 3 N–H and O–H groups in total. The van der Waals surface area contributed by atoms with Crippen molar-refractivity contribution >= 4 is 36.4 Å². The van der Waals surface area contributed by atoms with Crippen LogP contribution < -0.4 is 11.2 Å². The molecule has 7 heteroatoms. The van der Waals surface area contributed by atoms with Gasteiger partial charge in [-0.25, -0.2) is 5.01 Å². The van der Waals surface area contributed by atoms with Crippen molar-refractivity contribution in [2.75, 3.05) is 11.9 Å². The first-order chi connectivity index (χ1) is 10.6. The number of carbonyl (C=O) groups is 1. The van der Waals surface area contributed by atoms with Crippen LogP contribution in [-0.4, -0.2) is 28.5 Å². The highest BCUT2D eigenvalue weighted by Gasteiger charge is 2.28. The lowest BCUT2D eigenvalue weighted by Crippen LogP contribution is -2.45. The Morgan fingerprint density at radius 1 is 1.25 bits per heavy atom. The third-order valence-electron chi connectivity index (χ3n) is 4.45. The van der Waals surface area contributed by atoms with Crippen molar-refractivity contribution in [2.24, 2.45) is 17.7 Å². The Bertz CT molecular complexity index is 465. The first-order valence-electron chi connectivity index (χ1n) is 8.28. The number of nitrogens with zero attached hydrogens (tertiary/aromatic N) is 2. The molecule has 0 saturated heterocycles. The topological polar surface area (TPSA) is 71.2 Å². The van der Waals surface area contributed by atoms with Crippen LogP contribution in [0.25, 0.3) is 0 Å². The quantitative estimate of drug-likeness (QED) is 0.587. The molecule has 5 nitrogen and oxygen atoms in total. The Hall–Kier alpha value is -0.880. The molecular formula is C17H30Cl2N4O. The number of hydrazine groups is 1. The molecule has 2 rings (SSSR count). The summed E-state index contributed by atoms with van der Waals surface area (Å²) in [6.07, 6.45) is 8.33. The van der Waals surface area contributed by atoms with E-state index in [9.17, 15) is 4.79 Å². The number of carbonyl (C=O) groups excluding carboxylic acids is 1. The van der Waals surface area contributed by atoms with E-state index in [0.717, 1.165) is 44.3 Å². The molecule has 0 radical (unpaired) electrons. The maximum atomic E-state index is 12.3. The minimum absolute atomic E-state index is 0. The zero-order chi connectivity index (χ0) is 15.9. The van der Waals surface area contributed by atoms with E-state index in [1.165, 1.54) is 0 Å². The summed E-state index contributed by atoms with van der Waals surface area (Å²) in [7, 11) is 0. The molecule has 1 heterocycles. The zero-order valence-electron chi connectivity index (χ0n) is 14.5. The number of halogens is 2. The number of amides is 1. The van der Waals surface area contributed by atoms with Crippen LogP contribution in [-0.2, 0) is 4.79 Å². The fourth-order valence-electron chi connectivity index (χ4n) is 2.94. The summed E-state index contributed by atoms with van der Waals surface area (Å²) in [5.41, 5.74) is 0.819. The largest absolute Gasteiger partial charge is 0.326 e. The maximum Gasteiger partial charge on any atom is 0.227 e. The lowest BCUT2D eigenvalue weighted by molar-refractivity contribution is -0.121. The van der Waals surface area contributed by atoms with Crippen LogP contribution in [0.15, 0.2) is 24.5 Å². The van der Waals surface area contributed by atoms with Crippen LogP contribution >= 0.6 is 24.8 Å². The fourth-order valence-corrected chi connectivity index (χ4v) is 2.94. The van der Waals surface area contributed by atoms with Crippen molar-refractivity contribution in [3.05, 3.63) is 24.5 Å². The summed E-state index contributed by atoms with van der Waals surface area (Å²) in [4.78, 5) is 16.2. The summed E-state index contributed by atoms with van der Waals surface area (Å²) in [6.45, 7) is 5.37. The minimum Gasteiger partial charge on any atom is -0.326 e. The fraction of sp³-hybridized carbons (Fsp3) is 0.647. The highest BCUT2D eigenvalue weighted by Crippen LogP contribution is 2.27. The maximum absolute atomic E-state index is 12.3. The SMILES string of the molecule is CC(C)CCN(N)[C@H]1CC[C@H](C(=O)Nc2ccncc2)CC1.Cl.Cl. The van der Waals surface area contributed by atoms with E-state index in [4.69, 9.17) is 5.84 Å². The lowest BCUT2D eigenvalue weighted by Gasteiger charge is -2.34. The summed E-state index contributed by atoms with van der Waals surface area (Å²) in [6, 6.07) is 4.05. The van der Waals surface area contributed by atoms with Crippen molar-refractivity contribution in [2.45, 2.75) is 52.0 Å². The van der Waals surface area contributed by atoms with E-state index in [1.807, 2.05) is 17.1 Å². The number of hydrogen-bond acceptors (Lipinski definition) is 4. The van der Waals surface area contributed by atoms with Crippen LogP contribution in [0.2, 0.25) is 0 Å². The van der Waals surface area contributed by atoms with Gasteiger partial charge in [0.05, 0.1) is 0 Å². The van der Waals surface area contributed by atoms with Crippen LogP contribution in [0.3, 0.4) is 0 Å². The molecule has 24 heavy (non-hydrogen) atoms. The van der Waals surface area contributed by atoms with Gasteiger partial charge in [0.2, 0.25) is 5.91 Å². The van der Waals surface area contributed by atoms with E-state index in [0.29, 0.717) is 12.0 Å². The minimum atomic E-state index is 0. The molecule has 1 aliphatic rings. The summed E-state index contributed by atoms with van der Waals surface area (Å²) >= 11 is 0. The van der Waals surface area contributed by atoms with Crippen molar-refractivity contribution in [1.29, 1.82) is 0 Å². The van der Waals surface area contributed by atoms with Gasteiger partial charge in [-0.15, -0.1) is 24.8 Å². The molecule has 0 aromatic carbocycles. The Morgan fingerprint density at radius 2 is 1.83 bits per heavy atom. The Morgan fingerprint density at radius 3 is 2.38 bits per heavy atom. The number of aromatic nitrogens is 1. The second kappa shape index (κ2) is 11.6. The van der Waals surface area contributed by atoms with Crippen molar-refractivity contribution in [3.8, 4) is 0 Å². The number of pyridine rings is 1. The number of rotatable bonds is 6. The first kappa shape index (κ1) is 23.1. The highest BCUT2D eigenvalue weighted by atomic mass is 35.5. The normalized spacial score (nSPS) is 20.2. The van der Waals surface area contributed by atoms with Gasteiger partial charge in [0.25, 0.3) is 0 Å². The second-order valence-electron chi connectivity index (χ2n) is 6.65. The molecule has 0 bridgehead atoms. The Balaban J connectivity index is 0.00000264. The molecule has 1 aromatic rings. The van der Waals surface area contributed by atoms with Gasteiger partial charge in [0.15, 0.2) is 0 Å². The molecular weight excluding hydrogens is 347 g/mol. The second-order valence-corrected chi connectivity index (χ2v) is 6.65. The average Bonchev–Trinajstić information content (AvgIpc) is 2.53. The van der Waals surface area contributed by atoms with Gasteiger partial charge in [-0.05, 0) is 50.2 Å². The van der Waals surface area contributed by atoms with Gasteiger partial charge in [0, 0.05) is 36.6 Å². The smallest absolute Gasteiger partial charge is 0.227 e. The lowest BCUT2D eigenvalue weighted by atomic mass is 9.85. The third kappa shape index (κ3) is 7.34. The number of nitrogens with one attached hydrogen (secondary N) is 1. The summed E-state index contributed by atoms with van der Waals surface area (Å²) < 4.78 is 0. The van der Waals surface area contributed by atoms with Crippen LogP contribution in [0.5, 0.6) is 0 Å². The molecule has 0 aliphatic heterocycles. The van der Waals surface area contributed by atoms with Crippen LogP contribution in [0, 0.1) is 11.8 Å². The number of nitrogens with two attached hydrogens (primary N) is 1. The monoisotopic (exact) mass is 376 g/mol. The van der Waals surface area contributed by atoms with Crippen LogP contribution in [0.4, 0.5) is 5.69 Å². The van der Waals surface area contributed by atoms with Crippen molar-refractivity contribution < 1.29 is 4.79 Å². The third-order valence-corrected chi connectivity index (χ3v) is 4.45. The summed E-state index contributed by atoms with van der Waals surface area (Å²) in [5.74, 6) is 7.06. The van der Waals surface area contributed by atoms with Gasteiger partial charge in [-0.1, -0.05) is 13.8 Å². The van der Waals surface area contributed by atoms with Gasteiger partial charge in [-0.2, -0.15) is 0 Å². The molecule has 0 atom stereocenters. The Labute approximate surface area is 157 Å². The molecule has 1 saturated carbocycles. The zero-order valence-corrected chi connectivity index (χ0v) is 16.1. The first-order valence-corrected chi connectivity index (χ1v) is 8.28. The highest BCUT2D eigenvalue weighted by molar-refractivity contribution is 5.92. The molecule has 1 fully saturated rings. The molecule has 0 spiro atoms. The van der Waals surface area contributed by atoms with E-state index >= 15 is 0 Å². The van der Waals surface area contributed by atoms with Gasteiger partial charge in [-0.3, -0.25) is 15.6 Å². The van der Waals surface area contributed by atoms with E-state index in [1.54, 1.807) is 12.4 Å². The van der Waals surface area contributed by atoms with Crippen LogP contribution in [0.1, 0.15) is 46.0 Å². The number of hydrogen-bond donors (Lipinski definition) is 2. The van der Waals surface area contributed by atoms with E-state index < -0.39 is 0 Å². The number of anilines is 1. The van der Waals surface area contributed by atoms with E-state index in [2.05, 4.69) is 24.1 Å². The summed E-state index contributed by atoms with van der Waals surface area (Å²) in [5, 5.41) is 4.96. The molecule has 1 aromatic heterocycles. The predicted molar refractivity (Wildman–Crippen MR) is 103 cm³/mol. The molecule has 1 aliphatic carbocycles. The molecule has 0 unspecified atom stereocenters. The predicted octanol–water partition coefficient (Wildman–Crippen LogP) is 3.64. The van der Waals surface area contributed by atoms with Gasteiger partial charge >= 0.3 is 0 Å². The van der Waals surface area contributed by atoms with E-state index in [-0.39, 0.29) is 36.6 Å². The average molecular weight is 377 g/mol. The van der Waals surface area contributed by atoms with Gasteiger partial charge in [0.1, 0.15) is 0 Å².